The van der Waals surface area contributed by atoms with Crippen molar-refractivity contribution < 1.29 is 32.2 Å². The first-order valence-corrected chi connectivity index (χ1v) is 38.1. The zero-order chi connectivity index (χ0) is 62.9. The molecule has 4 saturated carbocycles. The summed E-state index contributed by atoms with van der Waals surface area (Å²) < 4.78 is 42.1. The largest absolute Gasteiger partial charge is 0.475 e. The fourth-order valence-electron chi connectivity index (χ4n) is 19.8. The van der Waals surface area contributed by atoms with Gasteiger partial charge in [-0.1, -0.05) is 207 Å². The number of hydrogen-bond acceptors (Lipinski definition) is 11. The Labute approximate surface area is 535 Å². The minimum Gasteiger partial charge on any atom is -0.475 e. The van der Waals surface area contributed by atoms with Crippen LogP contribution in [-0.4, -0.2) is 86.9 Å². The number of unbranched alkanes of at least 4 members (excludes halogenated alkanes) is 22. The van der Waals surface area contributed by atoms with Gasteiger partial charge in [-0.25, -0.2) is 13.4 Å². The third kappa shape index (κ3) is 16.8. The van der Waals surface area contributed by atoms with E-state index in [-0.39, 0.29) is 57.2 Å². The van der Waals surface area contributed by atoms with Gasteiger partial charge in [0.1, 0.15) is 23.7 Å². The quantitative estimate of drug-likeness (QED) is 0.0296. The highest BCUT2D eigenvalue weighted by atomic mass is 32.2. The van der Waals surface area contributed by atoms with Crippen LogP contribution in [0, 0.1) is 68.0 Å². The number of pyridine rings is 1. The van der Waals surface area contributed by atoms with Crippen LogP contribution in [0.15, 0.2) is 53.8 Å². The molecule has 12 heteroatoms. The Balaban J connectivity index is 0.795. The molecule has 0 amide bonds. The van der Waals surface area contributed by atoms with Gasteiger partial charge < -0.3 is 24.4 Å². The van der Waals surface area contributed by atoms with Crippen LogP contribution in [0.3, 0.4) is 0 Å². The van der Waals surface area contributed by atoms with Gasteiger partial charge in [0.15, 0.2) is 9.84 Å². The molecule has 0 spiro atoms. The van der Waals surface area contributed by atoms with Crippen LogP contribution in [0.25, 0.3) is 0 Å². The van der Waals surface area contributed by atoms with E-state index in [1.807, 2.05) is 0 Å². The summed E-state index contributed by atoms with van der Waals surface area (Å²) in [6.45, 7) is 25.0. The summed E-state index contributed by atoms with van der Waals surface area (Å²) in [5.41, 5.74) is 3.94. The van der Waals surface area contributed by atoms with Crippen molar-refractivity contribution in [3.63, 3.8) is 0 Å². The molecule has 1 N–H and O–H groups in total. The summed E-state index contributed by atoms with van der Waals surface area (Å²) in [6.07, 6.45) is 49.7. The lowest BCUT2D eigenvalue weighted by Crippen LogP contribution is -2.68. The van der Waals surface area contributed by atoms with Crippen LogP contribution in [0.4, 0.5) is 0 Å². The molecule has 5 fully saturated rings. The zero-order valence-electron chi connectivity index (χ0n) is 56.7. The molecule has 0 unspecified atom stereocenters. The van der Waals surface area contributed by atoms with Gasteiger partial charge in [-0.15, -0.1) is 0 Å². The van der Waals surface area contributed by atoms with E-state index in [2.05, 4.69) is 88.5 Å². The highest BCUT2D eigenvalue weighted by molar-refractivity contribution is 7.91. The van der Waals surface area contributed by atoms with Crippen molar-refractivity contribution in [2.24, 2.45) is 56.7 Å². The van der Waals surface area contributed by atoms with E-state index in [9.17, 15) is 23.3 Å². The smallest absolute Gasteiger partial charge is 0.318 e. The van der Waals surface area contributed by atoms with E-state index in [1.54, 1.807) is 18.3 Å². The van der Waals surface area contributed by atoms with E-state index in [0.29, 0.717) is 73.9 Å². The number of ether oxygens (including phenoxy) is 3. The topological polar surface area (TPSA) is 148 Å². The standard InChI is InChI=1S/C76H122N4O7S/c1-9-10-11-12-13-14-15-16-17-18-19-20-21-22-23-24-25-26-27-28-29-30-31-34-67(81)86-58-87-70(82)75(57-85-69-61(56-77)33-32-49-78-69)44-37-60(38-45-75)63-40-42-72(6)65(71(63,4)5)41-43-74(8)66(72)36-35-64-68-62(59(2)3)39-46-76(68,48-47-73(64,74)7)79-50-51-80-52-54-88(83,84)55-53-80/h32-33,37,40,49,62,64-66,68,79H,2,9-31,34-36,38-39,41-48,50-55,57-58H2,1,3-8H3/t62-,64+,65-,66+,68+,72-,73+,74+,75+,76-/m0/s1. The molecule has 1 saturated heterocycles. The number of esters is 2. The van der Waals surface area contributed by atoms with Gasteiger partial charge in [-0.3, -0.25) is 9.59 Å². The van der Waals surface area contributed by atoms with Crippen LogP contribution in [0.5, 0.6) is 5.88 Å². The molecule has 11 nitrogen and oxygen atoms in total. The first-order valence-electron chi connectivity index (χ1n) is 36.3. The maximum atomic E-state index is 14.4. The Morgan fingerprint density at radius 1 is 0.727 bits per heavy atom. The number of carbonyl (C=O) groups excluding carboxylic acids is 2. The van der Waals surface area contributed by atoms with Crippen molar-refractivity contribution in [1.29, 1.82) is 5.26 Å². The molecule has 10 atom stereocenters. The Bertz CT molecular complexity index is 2650. The molecule has 1 aliphatic heterocycles. The molecule has 6 aliphatic carbocycles. The lowest BCUT2D eigenvalue weighted by atomic mass is 9.33. The number of hydrogen-bond donors (Lipinski definition) is 1. The van der Waals surface area contributed by atoms with Crippen LogP contribution < -0.4 is 10.1 Å². The number of fused-ring (bicyclic) bond motifs is 7. The highest BCUT2D eigenvalue weighted by Crippen LogP contribution is 2.76. The number of aromatic nitrogens is 1. The number of allylic oxidation sites excluding steroid dienone is 5. The Morgan fingerprint density at radius 2 is 1.34 bits per heavy atom. The fourth-order valence-corrected chi connectivity index (χ4v) is 21.1. The van der Waals surface area contributed by atoms with E-state index >= 15 is 0 Å². The maximum Gasteiger partial charge on any atom is 0.318 e. The zero-order valence-corrected chi connectivity index (χ0v) is 57.5. The summed E-state index contributed by atoms with van der Waals surface area (Å²) in [7, 11) is -2.90. The number of carbonyl (C=O) groups is 2. The number of nitriles is 1. The molecular formula is C76H122N4O7S. The number of nitrogens with zero attached hydrogens (tertiary/aromatic N) is 3. The maximum absolute atomic E-state index is 14.4. The Hall–Kier alpha value is -3.53. The average Bonchev–Trinajstić information content (AvgIpc) is 0.990. The summed E-state index contributed by atoms with van der Waals surface area (Å²) >= 11 is 0. The minimum atomic E-state index is -2.90. The number of rotatable bonds is 36. The van der Waals surface area contributed by atoms with Gasteiger partial charge >= 0.3 is 11.9 Å². The van der Waals surface area contributed by atoms with Crippen LogP contribution in [-0.2, 0) is 28.9 Å². The van der Waals surface area contributed by atoms with Crippen molar-refractivity contribution in [2.75, 3.05) is 51.1 Å². The molecular weight excluding hydrogens is 1110 g/mol. The predicted molar refractivity (Wildman–Crippen MR) is 358 cm³/mol. The average molecular weight is 1240 g/mol. The lowest BCUT2D eigenvalue weighted by Gasteiger charge is -2.72. The molecule has 494 valence electrons. The molecule has 7 aliphatic rings. The third-order valence-electron chi connectivity index (χ3n) is 25.1. The third-order valence-corrected chi connectivity index (χ3v) is 26.8. The molecule has 0 aromatic carbocycles. The monoisotopic (exact) mass is 1230 g/mol. The Kier molecular flexibility index (Phi) is 25.9. The van der Waals surface area contributed by atoms with Gasteiger partial charge in [0.05, 0.1) is 11.5 Å². The molecule has 8 rings (SSSR count). The highest BCUT2D eigenvalue weighted by Gasteiger charge is 2.70. The van der Waals surface area contributed by atoms with E-state index in [1.165, 1.54) is 197 Å². The van der Waals surface area contributed by atoms with Crippen molar-refractivity contribution >= 4 is 21.8 Å². The first kappa shape index (κ1) is 70.3. The summed E-state index contributed by atoms with van der Waals surface area (Å²) in [4.78, 5) is 34.0. The predicted octanol–water partition coefficient (Wildman–Crippen LogP) is 18.1. The molecule has 88 heavy (non-hydrogen) atoms. The van der Waals surface area contributed by atoms with Crippen LogP contribution in [0.1, 0.15) is 285 Å². The molecule has 0 radical (unpaired) electrons. The summed E-state index contributed by atoms with van der Waals surface area (Å²) in [5.74, 6) is 2.78. The van der Waals surface area contributed by atoms with Gasteiger partial charge in [0.25, 0.3) is 0 Å². The summed E-state index contributed by atoms with van der Waals surface area (Å²) in [5, 5.41) is 14.1. The Morgan fingerprint density at radius 3 is 1.92 bits per heavy atom. The van der Waals surface area contributed by atoms with Gasteiger partial charge in [0, 0.05) is 44.3 Å². The molecule has 2 heterocycles. The van der Waals surface area contributed by atoms with Crippen LogP contribution in [0.2, 0.25) is 0 Å². The number of sulfone groups is 1. The SMILES string of the molecule is C=C(C)[C@@H]1CC[C@]2(NCCN3CCS(=O)(=O)CC3)CC[C@]3(C)[C@H](CC[C@@H]4[C@@]5(C)CC=C(C6=CC[C@@](COc7ncccc7C#N)(C(=O)OCOC(=O)CCCCCCCCCCCCCCCCCCCCCCCCC)CC6)C(C)(C)[C@@H]5CC[C@]43C)[C@@H]12. The second-order valence-corrected chi connectivity index (χ2v) is 33.2. The molecule has 0 bridgehead atoms. The van der Waals surface area contributed by atoms with Crippen LogP contribution >= 0.6 is 0 Å². The lowest BCUT2D eigenvalue weighted by molar-refractivity contribution is -0.221. The van der Waals surface area contributed by atoms with Crippen molar-refractivity contribution in [3.05, 3.63) is 59.3 Å². The summed E-state index contributed by atoms with van der Waals surface area (Å²) in [6, 6.07) is 5.56. The minimum absolute atomic E-state index is 0.00403. The van der Waals surface area contributed by atoms with Crippen molar-refractivity contribution in [3.8, 4) is 11.9 Å². The van der Waals surface area contributed by atoms with E-state index in [4.69, 9.17) is 14.2 Å². The van der Waals surface area contributed by atoms with E-state index < -0.39 is 28.0 Å². The first-order chi connectivity index (χ1) is 42.3. The normalized spacial score (nSPS) is 31.4. The number of nitrogens with one attached hydrogen (secondary N) is 1. The van der Waals surface area contributed by atoms with Gasteiger partial charge in [-0.05, 0) is 165 Å². The van der Waals surface area contributed by atoms with Gasteiger partial charge in [0.2, 0.25) is 12.7 Å². The van der Waals surface area contributed by atoms with Crippen molar-refractivity contribution in [2.45, 2.75) is 285 Å². The van der Waals surface area contributed by atoms with E-state index in [0.717, 1.165) is 38.8 Å². The molecule has 1 aromatic heterocycles. The van der Waals surface area contributed by atoms with Crippen molar-refractivity contribution in [1.82, 2.24) is 15.2 Å². The molecule has 1 aromatic rings. The second kappa shape index (κ2) is 32.4. The second-order valence-electron chi connectivity index (χ2n) is 30.9. The van der Waals surface area contributed by atoms with Gasteiger partial charge in [-0.2, -0.15) is 5.26 Å². The fraction of sp³-hybridized carbons (Fsp3) is 0.816.